The molecule has 0 aliphatic carbocycles. The molecule has 2 N–H and O–H groups in total. The first-order valence-electron chi connectivity index (χ1n) is 10.5. The summed E-state index contributed by atoms with van der Waals surface area (Å²) in [5, 5.41) is 17.3. The number of carbonyl (C=O) groups is 1. The Morgan fingerprint density at radius 1 is 1.00 bits per heavy atom. The summed E-state index contributed by atoms with van der Waals surface area (Å²) < 4.78 is 0. The first kappa shape index (κ1) is 23.9. The second-order valence-corrected chi connectivity index (χ2v) is 7.40. The van der Waals surface area contributed by atoms with Crippen molar-refractivity contribution in [1.82, 2.24) is 15.5 Å². The van der Waals surface area contributed by atoms with E-state index in [1.807, 2.05) is 43.3 Å². The number of nitro benzene ring substituents is 1. The molecule has 1 amide bonds. The van der Waals surface area contributed by atoms with Gasteiger partial charge in [0, 0.05) is 44.9 Å². The Kier molecular flexibility index (Phi) is 9.48. The lowest BCUT2D eigenvalue weighted by atomic mass is 10.1. The maximum absolute atomic E-state index is 12.0. The summed E-state index contributed by atoms with van der Waals surface area (Å²) >= 11 is 0. The van der Waals surface area contributed by atoms with Gasteiger partial charge in [-0.05, 0) is 49.4 Å². The Morgan fingerprint density at radius 3 is 2.23 bits per heavy atom. The summed E-state index contributed by atoms with van der Waals surface area (Å²) in [7, 11) is 3.47. The second kappa shape index (κ2) is 12.3. The van der Waals surface area contributed by atoms with E-state index in [0.717, 1.165) is 49.4 Å². The number of nitrogens with zero attached hydrogens (tertiary/aromatic N) is 3. The molecule has 0 aromatic heterocycles. The lowest BCUT2D eigenvalue weighted by Crippen LogP contribution is -2.37. The number of carbonyl (C=O) groups excluding carboxylic acids is 1. The number of nitrogens with one attached hydrogen (secondary N) is 2. The Balaban J connectivity index is 1.78. The van der Waals surface area contributed by atoms with Gasteiger partial charge in [0.2, 0.25) is 0 Å². The maximum atomic E-state index is 12.0. The molecule has 0 fully saturated rings. The predicted octanol–water partition coefficient (Wildman–Crippen LogP) is 3.37. The van der Waals surface area contributed by atoms with Crippen molar-refractivity contribution in [2.45, 2.75) is 32.7 Å². The van der Waals surface area contributed by atoms with Gasteiger partial charge in [0.25, 0.3) is 11.6 Å². The van der Waals surface area contributed by atoms with Crippen LogP contribution in [0.3, 0.4) is 0 Å². The minimum Gasteiger partial charge on any atom is -0.357 e. The van der Waals surface area contributed by atoms with E-state index in [0.29, 0.717) is 12.1 Å². The third-order valence-electron chi connectivity index (χ3n) is 4.70. The van der Waals surface area contributed by atoms with Crippen molar-refractivity contribution < 1.29 is 9.72 Å². The number of amides is 1. The van der Waals surface area contributed by atoms with Crippen LogP contribution < -0.4 is 10.6 Å². The van der Waals surface area contributed by atoms with E-state index in [1.54, 1.807) is 31.1 Å². The second-order valence-electron chi connectivity index (χ2n) is 7.40. The first-order valence-corrected chi connectivity index (χ1v) is 10.5. The minimum absolute atomic E-state index is 0.0150. The summed E-state index contributed by atoms with van der Waals surface area (Å²) in [6.07, 6.45) is 2.82. The zero-order valence-electron chi connectivity index (χ0n) is 18.4. The molecule has 0 spiro atoms. The third-order valence-corrected chi connectivity index (χ3v) is 4.70. The van der Waals surface area contributed by atoms with E-state index < -0.39 is 0 Å². The van der Waals surface area contributed by atoms with E-state index in [9.17, 15) is 14.9 Å². The number of guanidine groups is 1. The van der Waals surface area contributed by atoms with Crippen LogP contribution in [0.2, 0.25) is 0 Å². The van der Waals surface area contributed by atoms with Crippen molar-refractivity contribution in [3.8, 4) is 0 Å². The van der Waals surface area contributed by atoms with Crippen molar-refractivity contribution in [2.75, 3.05) is 27.2 Å². The van der Waals surface area contributed by atoms with E-state index in [1.165, 1.54) is 0 Å². The van der Waals surface area contributed by atoms with Crippen LogP contribution in [0.25, 0.3) is 0 Å². The fourth-order valence-corrected chi connectivity index (χ4v) is 2.97. The van der Waals surface area contributed by atoms with Gasteiger partial charge in [0.05, 0.1) is 11.5 Å². The molecule has 31 heavy (non-hydrogen) atoms. The quantitative estimate of drug-likeness (QED) is 0.200. The first-order chi connectivity index (χ1) is 14.9. The van der Waals surface area contributed by atoms with Crippen molar-refractivity contribution >= 4 is 17.6 Å². The summed E-state index contributed by atoms with van der Waals surface area (Å²) in [5.74, 6) is 0.741. The molecule has 0 aliphatic heterocycles. The van der Waals surface area contributed by atoms with Gasteiger partial charge in [0.1, 0.15) is 0 Å². The highest BCUT2D eigenvalue weighted by atomic mass is 16.6. The molecule has 0 heterocycles. The average Bonchev–Trinajstić information content (AvgIpc) is 2.77. The summed E-state index contributed by atoms with van der Waals surface area (Å²) in [5.41, 5.74) is 2.92. The maximum Gasteiger partial charge on any atom is 0.269 e. The lowest BCUT2D eigenvalue weighted by Gasteiger charge is -2.12. The molecule has 0 saturated carbocycles. The van der Waals surface area contributed by atoms with Crippen LogP contribution >= 0.6 is 0 Å². The molecular formula is C23H31N5O3. The Bertz CT molecular complexity index is 877. The smallest absolute Gasteiger partial charge is 0.269 e. The van der Waals surface area contributed by atoms with Crippen LogP contribution in [0.1, 0.15) is 41.3 Å². The summed E-state index contributed by atoms with van der Waals surface area (Å²) in [6.45, 7) is 4.10. The highest BCUT2D eigenvalue weighted by Crippen LogP contribution is 2.13. The number of benzene rings is 2. The van der Waals surface area contributed by atoms with E-state index in [4.69, 9.17) is 0 Å². The largest absolute Gasteiger partial charge is 0.357 e. The Hall–Kier alpha value is -3.42. The fourth-order valence-electron chi connectivity index (χ4n) is 2.97. The topological polar surface area (TPSA) is 99.9 Å². The molecule has 0 bridgehead atoms. The molecule has 0 atom stereocenters. The standard InChI is InChI=1S/C23H31N5O3/c1-4-24-23(26-17-19-8-12-20(13-9-19)22(29)27(2)3)25-16-6-5-7-18-10-14-21(15-11-18)28(30)31/h8-15H,4-7,16-17H2,1-3H3,(H2,24,25,26). The van der Waals surface area contributed by atoms with E-state index >= 15 is 0 Å². The summed E-state index contributed by atoms with van der Waals surface area (Å²) in [6, 6.07) is 14.2. The summed E-state index contributed by atoms with van der Waals surface area (Å²) in [4.78, 5) is 28.5. The van der Waals surface area contributed by atoms with Crippen LogP contribution in [0.4, 0.5) is 5.69 Å². The fraction of sp³-hybridized carbons (Fsp3) is 0.391. The predicted molar refractivity (Wildman–Crippen MR) is 123 cm³/mol. The van der Waals surface area contributed by atoms with Gasteiger partial charge in [-0.3, -0.25) is 14.9 Å². The number of hydrogen-bond donors (Lipinski definition) is 2. The zero-order chi connectivity index (χ0) is 22.6. The third kappa shape index (κ3) is 8.08. The lowest BCUT2D eigenvalue weighted by molar-refractivity contribution is -0.384. The molecule has 0 aliphatic rings. The van der Waals surface area contributed by atoms with Crippen molar-refractivity contribution in [1.29, 1.82) is 0 Å². The monoisotopic (exact) mass is 425 g/mol. The molecule has 8 nitrogen and oxygen atoms in total. The molecule has 8 heteroatoms. The van der Waals surface area contributed by atoms with Crippen LogP contribution in [-0.2, 0) is 13.0 Å². The average molecular weight is 426 g/mol. The van der Waals surface area contributed by atoms with Crippen LogP contribution in [-0.4, -0.2) is 48.9 Å². The van der Waals surface area contributed by atoms with Crippen molar-refractivity contribution in [2.24, 2.45) is 4.99 Å². The van der Waals surface area contributed by atoms with E-state index in [-0.39, 0.29) is 16.5 Å². The highest BCUT2D eigenvalue weighted by molar-refractivity contribution is 5.93. The number of non-ortho nitro benzene ring substituents is 1. The highest BCUT2D eigenvalue weighted by Gasteiger charge is 2.07. The Morgan fingerprint density at radius 2 is 1.65 bits per heavy atom. The van der Waals surface area contributed by atoms with E-state index in [2.05, 4.69) is 15.6 Å². The van der Waals surface area contributed by atoms with Gasteiger partial charge in [0.15, 0.2) is 5.96 Å². The van der Waals surface area contributed by atoms with Gasteiger partial charge >= 0.3 is 0 Å². The van der Waals surface area contributed by atoms with Crippen LogP contribution in [0, 0.1) is 10.1 Å². The molecule has 2 rings (SSSR count). The molecule has 166 valence electrons. The molecule has 0 saturated heterocycles. The minimum atomic E-state index is -0.382. The van der Waals surface area contributed by atoms with Crippen LogP contribution in [0.15, 0.2) is 53.5 Å². The Labute approximate surface area is 183 Å². The SMILES string of the molecule is CCNC(=NCc1ccc(C(=O)N(C)C)cc1)NCCCCc1ccc([N+](=O)[O-])cc1. The number of aliphatic imine (C=N–C) groups is 1. The van der Waals surface area contributed by atoms with Crippen molar-refractivity contribution in [3.63, 3.8) is 0 Å². The van der Waals surface area contributed by atoms with Gasteiger partial charge in [-0.2, -0.15) is 0 Å². The number of nitro groups is 1. The zero-order valence-corrected chi connectivity index (χ0v) is 18.4. The van der Waals surface area contributed by atoms with Gasteiger partial charge in [-0.25, -0.2) is 4.99 Å². The van der Waals surface area contributed by atoms with Crippen molar-refractivity contribution in [3.05, 3.63) is 75.3 Å². The molecule has 0 unspecified atom stereocenters. The number of aryl methyl sites for hydroxylation is 1. The van der Waals surface area contributed by atoms with Crippen LogP contribution in [0.5, 0.6) is 0 Å². The molecule has 2 aromatic carbocycles. The van der Waals surface area contributed by atoms with Gasteiger partial charge in [-0.15, -0.1) is 0 Å². The molecular weight excluding hydrogens is 394 g/mol. The van der Waals surface area contributed by atoms with Gasteiger partial charge < -0.3 is 15.5 Å². The molecule has 2 aromatic rings. The molecule has 0 radical (unpaired) electrons. The number of rotatable bonds is 10. The number of hydrogen-bond acceptors (Lipinski definition) is 4. The van der Waals surface area contributed by atoms with Gasteiger partial charge in [-0.1, -0.05) is 24.3 Å². The normalized spacial score (nSPS) is 11.1. The number of unbranched alkanes of at least 4 members (excludes halogenated alkanes) is 1.